The molecule has 0 aromatic carbocycles. The molecule has 11 heteroatoms. The molecule has 134 valence electrons. The third-order valence-electron chi connectivity index (χ3n) is 2.99. The molecule has 3 N–H and O–H groups in total. The fraction of sp³-hybridized carbons (Fsp3) is 1.00. The summed E-state index contributed by atoms with van der Waals surface area (Å²) in [4.78, 5) is 1.80. The first kappa shape index (κ1) is 21.7. The van der Waals surface area contributed by atoms with Gasteiger partial charge in [0, 0.05) is 26.2 Å². The second kappa shape index (κ2) is 10.5. The maximum Gasteiger partial charge on any atom is 0.264 e. The fourth-order valence-corrected chi connectivity index (χ4v) is 3.37. The van der Waals surface area contributed by atoms with Crippen LogP contribution in [-0.4, -0.2) is 98.8 Å². The van der Waals surface area contributed by atoms with Crippen LogP contribution < -0.4 is 0 Å². The maximum absolute atomic E-state index is 11.6. The van der Waals surface area contributed by atoms with E-state index in [1.54, 1.807) is 4.90 Å². The van der Waals surface area contributed by atoms with Crippen molar-refractivity contribution in [1.82, 2.24) is 9.21 Å². The third-order valence-corrected chi connectivity index (χ3v) is 5.10. The molecule has 0 saturated carbocycles. The monoisotopic (exact) mass is 362 g/mol. The fourth-order valence-electron chi connectivity index (χ4n) is 1.96. The summed E-state index contributed by atoms with van der Waals surface area (Å²) in [5, 5.41) is 17.8. The predicted octanol–water partition coefficient (Wildman–Crippen LogP) is -1.80. The predicted molar refractivity (Wildman–Crippen MR) is 82.7 cm³/mol. The number of aliphatic hydroxyl groups is 2. The average molecular weight is 362 g/mol. The number of aliphatic hydroxyl groups excluding tert-OH is 2. The van der Waals surface area contributed by atoms with Gasteiger partial charge in [-0.3, -0.25) is 9.45 Å². The Labute approximate surface area is 132 Å². The topological polar surface area (TPSA) is 135 Å². The molecule has 22 heavy (non-hydrogen) atoms. The van der Waals surface area contributed by atoms with Crippen LogP contribution in [0.25, 0.3) is 0 Å². The van der Waals surface area contributed by atoms with E-state index < -0.39 is 25.9 Å². The standard InChI is InChI=1S/C11H26N2O7S2/c1-21(16,17)13(6-3-11-22(18,19)20)5-2-4-12(7-9-14)8-10-15/h14-15H,2-11H2,1H3,(H,18,19,20). The zero-order chi connectivity index (χ0) is 17.2. The van der Waals surface area contributed by atoms with Crippen LogP contribution in [-0.2, 0) is 20.1 Å². The highest BCUT2D eigenvalue weighted by Crippen LogP contribution is 2.04. The van der Waals surface area contributed by atoms with Crippen molar-refractivity contribution in [3.8, 4) is 0 Å². The Morgan fingerprint density at radius 1 is 0.818 bits per heavy atom. The summed E-state index contributed by atoms with van der Waals surface area (Å²) in [5.41, 5.74) is 0. The maximum atomic E-state index is 11.6. The third kappa shape index (κ3) is 11.3. The van der Waals surface area contributed by atoms with E-state index in [9.17, 15) is 16.8 Å². The summed E-state index contributed by atoms with van der Waals surface area (Å²) in [6.07, 6.45) is 1.54. The molecule has 0 atom stereocenters. The summed E-state index contributed by atoms with van der Waals surface area (Å²) in [6, 6.07) is 0. The molecular weight excluding hydrogens is 336 g/mol. The quantitative estimate of drug-likeness (QED) is 0.327. The Bertz CT molecular complexity index is 487. The van der Waals surface area contributed by atoms with Gasteiger partial charge in [0.05, 0.1) is 25.2 Å². The Morgan fingerprint density at radius 3 is 1.73 bits per heavy atom. The van der Waals surface area contributed by atoms with E-state index in [0.717, 1.165) is 10.6 Å². The van der Waals surface area contributed by atoms with E-state index in [1.807, 2.05) is 0 Å². The highest BCUT2D eigenvalue weighted by atomic mass is 32.2. The van der Waals surface area contributed by atoms with Crippen LogP contribution in [0.4, 0.5) is 0 Å². The summed E-state index contributed by atoms with van der Waals surface area (Å²) in [6.45, 7) is 1.40. The number of hydrogen-bond donors (Lipinski definition) is 3. The van der Waals surface area contributed by atoms with Crippen molar-refractivity contribution >= 4 is 20.1 Å². The van der Waals surface area contributed by atoms with Gasteiger partial charge in [0.2, 0.25) is 10.0 Å². The van der Waals surface area contributed by atoms with Gasteiger partial charge < -0.3 is 10.2 Å². The van der Waals surface area contributed by atoms with Crippen molar-refractivity contribution in [2.24, 2.45) is 0 Å². The summed E-state index contributed by atoms with van der Waals surface area (Å²) in [5.74, 6) is -0.486. The molecule has 0 spiro atoms. The lowest BCUT2D eigenvalue weighted by atomic mass is 10.3. The smallest absolute Gasteiger partial charge is 0.264 e. The SMILES string of the molecule is CS(=O)(=O)N(CCCN(CCO)CCO)CCCS(=O)(=O)O. The number of rotatable bonds is 13. The Hall–Kier alpha value is -0.300. The number of nitrogens with zero attached hydrogens (tertiary/aromatic N) is 2. The van der Waals surface area contributed by atoms with E-state index in [4.69, 9.17) is 14.8 Å². The normalized spacial score (nSPS) is 13.2. The first-order chi connectivity index (χ1) is 10.1. The van der Waals surface area contributed by atoms with Gasteiger partial charge in [-0.2, -0.15) is 8.42 Å². The number of hydrogen-bond acceptors (Lipinski definition) is 7. The molecule has 9 nitrogen and oxygen atoms in total. The molecule has 0 unspecified atom stereocenters. The van der Waals surface area contributed by atoms with Gasteiger partial charge in [-0.1, -0.05) is 0 Å². The lowest BCUT2D eigenvalue weighted by Gasteiger charge is -2.23. The Balaban J connectivity index is 4.37. The lowest BCUT2D eigenvalue weighted by Crippen LogP contribution is -2.36. The molecule has 0 heterocycles. The molecule has 0 amide bonds. The van der Waals surface area contributed by atoms with Crippen LogP contribution in [0.2, 0.25) is 0 Å². The van der Waals surface area contributed by atoms with Crippen LogP contribution >= 0.6 is 0 Å². The van der Waals surface area contributed by atoms with E-state index >= 15 is 0 Å². The molecular formula is C11H26N2O7S2. The Kier molecular flexibility index (Phi) is 10.3. The molecule has 0 rings (SSSR count). The summed E-state index contributed by atoms with van der Waals surface area (Å²) < 4.78 is 54.4. The highest BCUT2D eigenvalue weighted by Gasteiger charge is 2.17. The number of sulfonamides is 1. The Morgan fingerprint density at radius 2 is 1.32 bits per heavy atom. The van der Waals surface area contributed by atoms with Gasteiger partial charge in [-0.25, -0.2) is 12.7 Å². The minimum absolute atomic E-state index is 0.0125. The first-order valence-electron chi connectivity index (χ1n) is 6.94. The molecule has 0 aromatic heterocycles. The molecule has 0 aliphatic carbocycles. The minimum atomic E-state index is -4.10. The van der Waals surface area contributed by atoms with Gasteiger partial charge in [-0.05, 0) is 19.4 Å². The van der Waals surface area contributed by atoms with Crippen molar-refractivity contribution in [2.75, 3.05) is 57.9 Å². The molecule has 0 aromatic rings. The van der Waals surface area contributed by atoms with Crippen molar-refractivity contribution in [1.29, 1.82) is 0 Å². The van der Waals surface area contributed by atoms with Gasteiger partial charge in [0.15, 0.2) is 0 Å². The van der Waals surface area contributed by atoms with Crippen LogP contribution in [0.3, 0.4) is 0 Å². The second-order valence-corrected chi connectivity index (χ2v) is 8.50. The molecule has 0 fully saturated rings. The van der Waals surface area contributed by atoms with E-state index in [1.165, 1.54) is 0 Å². The van der Waals surface area contributed by atoms with Crippen LogP contribution in [0.5, 0.6) is 0 Å². The van der Waals surface area contributed by atoms with Crippen molar-refractivity contribution in [3.05, 3.63) is 0 Å². The molecule has 0 radical (unpaired) electrons. The van der Waals surface area contributed by atoms with Gasteiger partial charge in [-0.15, -0.1) is 0 Å². The highest BCUT2D eigenvalue weighted by molar-refractivity contribution is 7.88. The average Bonchev–Trinajstić information content (AvgIpc) is 2.34. The van der Waals surface area contributed by atoms with E-state index in [-0.39, 0.29) is 32.7 Å². The molecule has 0 saturated heterocycles. The van der Waals surface area contributed by atoms with Crippen LogP contribution in [0.15, 0.2) is 0 Å². The molecule has 0 bridgehead atoms. The molecule has 0 aliphatic heterocycles. The van der Waals surface area contributed by atoms with Crippen molar-refractivity contribution < 1.29 is 31.6 Å². The van der Waals surface area contributed by atoms with E-state index in [2.05, 4.69) is 0 Å². The van der Waals surface area contributed by atoms with Gasteiger partial charge in [0.25, 0.3) is 10.1 Å². The van der Waals surface area contributed by atoms with Gasteiger partial charge in [0.1, 0.15) is 0 Å². The van der Waals surface area contributed by atoms with Crippen LogP contribution in [0.1, 0.15) is 12.8 Å². The lowest BCUT2D eigenvalue weighted by molar-refractivity contribution is 0.157. The van der Waals surface area contributed by atoms with Gasteiger partial charge >= 0.3 is 0 Å². The largest absolute Gasteiger partial charge is 0.395 e. The second-order valence-electron chi connectivity index (χ2n) is 4.94. The summed E-state index contributed by atoms with van der Waals surface area (Å²) in [7, 11) is -7.56. The zero-order valence-corrected chi connectivity index (χ0v) is 14.4. The van der Waals surface area contributed by atoms with Crippen molar-refractivity contribution in [2.45, 2.75) is 12.8 Å². The van der Waals surface area contributed by atoms with Crippen molar-refractivity contribution in [3.63, 3.8) is 0 Å². The van der Waals surface area contributed by atoms with E-state index in [0.29, 0.717) is 26.1 Å². The summed E-state index contributed by atoms with van der Waals surface area (Å²) >= 11 is 0. The minimum Gasteiger partial charge on any atom is -0.395 e. The molecule has 0 aliphatic rings. The zero-order valence-electron chi connectivity index (χ0n) is 12.8. The van der Waals surface area contributed by atoms with Crippen LogP contribution in [0, 0.1) is 0 Å². The first-order valence-corrected chi connectivity index (χ1v) is 10.4.